The Morgan fingerprint density at radius 2 is 1.88 bits per heavy atom. The maximum absolute atomic E-state index is 13.1. The molecule has 33 heavy (non-hydrogen) atoms. The number of para-hydroxylation sites is 1. The molecular formula is C25H21N3O5. The molecule has 8 heteroatoms. The second-order valence-electron chi connectivity index (χ2n) is 6.89. The van der Waals surface area contributed by atoms with Gasteiger partial charge in [-0.3, -0.25) is 4.79 Å². The molecule has 0 spiro atoms. The average Bonchev–Trinajstić information content (AvgIpc) is 2.84. The third-order valence-electron chi connectivity index (χ3n) is 4.72. The monoisotopic (exact) mass is 443 g/mol. The quantitative estimate of drug-likeness (QED) is 0.440. The summed E-state index contributed by atoms with van der Waals surface area (Å²) in [6, 6.07) is 18.8. The van der Waals surface area contributed by atoms with E-state index >= 15 is 0 Å². The highest BCUT2D eigenvalue weighted by molar-refractivity contribution is 6.05. The largest absolute Gasteiger partial charge is 0.493 e. The van der Waals surface area contributed by atoms with E-state index in [0.717, 1.165) is 0 Å². The van der Waals surface area contributed by atoms with Crippen molar-refractivity contribution in [2.45, 2.75) is 6.92 Å². The lowest BCUT2D eigenvalue weighted by Gasteiger charge is -2.08. The van der Waals surface area contributed by atoms with Gasteiger partial charge < -0.3 is 19.2 Å². The minimum absolute atomic E-state index is 0.0873. The summed E-state index contributed by atoms with van der Waals surface area (Å²) >= 11 is 0. The molecular weight excluding hydrogens is 422 g/mol. The zero-order chi connectivity index (χ0) is 23.2. The number of fused-ring (bicyclic) bond motifs is 1. The number of benzene rings is 2. The van der Waals surface area contributed by atoms with Crippen molar-refractivity contribution in [3.63, 3.8) is 0 Å². The number of methoxy groups -OCH3 is 1. The Bertz CT molecular complexity index is 1360. The molecule has 1 N–H and O–H groups in total. The number of carbonyl (C=O) groups is 2. The maximum Gasteiger partial charge on any atom is 0.338 e. The maximum atomic E-state index is 13.1. The predicted molar refractivity (Wildman–Crippen MR) is 123 cm³/mol. The van der Waals surface area contributed by atoms with Crippen LogP contribution in [0.5, 0.6) is 5.75 Å². The molecule has 2 aromatic heterocycles. The summed E-state index contributed by atoms with van der Waals surface area (Å²) in [5, 5.41) is 3.43. The number of nitrogens with zero attached hydrogens (tertiary/aromatic N) is 2. The van der Waals surface area contributed by atoms with Crippen LogP contribution in [0, 0.1) is 0 Å². The van der Waals surface area contributed by atoms with Crippen LogP contribution < -0.4 is 15.6 Å². The summed E-state index contributed by atoms with van der Waals surface area (Å²) in [6.07, 6.45) is 1.58. The minimum atomic E-state index is -0.427. The number of rotatable bonds is 6. The molecule has 1 amide bonds. The van der Waals surface area contributed by atoms with Crippen molar-refractivity contribution in [3.8, 4) is 5.75 Å². The number of amides is 1. The first-order valence-corrected chi connectivity index (χ1v) is 10.2. The Morgan fingerprint density at radius 3 is 2.58 bits per heavy atom. The van der Waals surface area contributed by atoms with Gasteiger partial charge in [-0.2, -0.15) is 0 Å². The molecule has 4 rings (SSSR count). The molecule has 0 unspecified atom stereocenters. The molecule has 0 aliphatic rings. The zero-order valence-electron chi connectivity index (χ0n) is 18.1. The van der Waals surface area contributed by atoms with Crippen molar-refractivity contribution in [1.29, 1.82) is 0 Å². The number of ether oxygens (including phenoxy) is 2. The summed E-state index contributed by atoms with van der Waals surface area (Å²) in [7, 11) is 1.54. The number of hydrogen-bond donors (Lipinski definition) is 1. The molecule has 0 bridgehead atoms. The van der Waals surface area contributed by atoms with Gasteiger partial charge in [-0.05, 0) is 55.5 Å². The van der Waals surface area contributed by atoms with E-state index in [2.05, 4.69) is 15.3 Å². The molecule has 0 atom stereocenters. The van der Waals surface area contributed by atoms with E-state index in [9.17, 15) is 9.59 Å². The van der Waals surface area contributed by atoms with Gasteiger partial charge in [-0.15, -0.1) is 0 Å². The smallest absolute Gasteiger partial charge is 0.338 e. The van der Waals surface area contributed by atoms with Gasteiger partial charge in [0.25, 0.3) is 5.91 Å². The zero-order valence-corrected chi connectivity index (χ0v) is 18.1. The van der Waals surface area contributed by atoms with Crippen molar-refractivity contribution in [3.05, 3.63) is 89.6 Å². The predicted octanol–water partition coefficient (Wildman–Crippen LogP) is 4.50. The van der Waals surface area contributed by atoms with E-state index in [1.807, 2.05) is 12.1 Å². The molecule has 166 valence electrons. The molecule has 2 heterocycles. The van der Waals surface area contributed by atoms with Gasteiger partial charge in [0.05, 0.1) is 25.0 Å². The first-order valence-electron chi connectivity index (χ1n) is 10.2. The number of nitrogens with one attached hydrogen (secondary N) is 1. The van der Waals surface area contributed by atoms with E-state index in [0.29, 0.717) is 33.8 Å². The van der Waals surface area contributed by atoms with Crippen LogP contribution in [0.4, 0.5) is 11.5 Å². The lowest BCUT2D eigenvalue weighted by molar-refractivity contribution is 0.0526. The number of pyridine rings is 1. The van der Waals surface area contributed by atoms with Gasteiger partial charge in [0, 0.05) is 11.6 Å². The van der Waals surface area contributed by atoms with Gasteiger partial charge >= 0.3 is 5.97 Å². The molecule has 2 aromatic carbocycles. The normalized spacial score (nSPS) is 11.3. The number of anilines is 1. The second kappa shape index (κ2) is 9.78. The SMILES string of the molecule is CCOC(=O)c1ccc(N=c2oc3c(OC)cccc3cc2C(=O)Nc2ccccn2)cc1. The second-order valence-corrected chi connectivity index (χ2v) is 6.89. The minimum Gasteiger partial charge on any atom is -0.493 e. The van der Waals surface area contributed by atoms with Gasteiger partial charge in [-0.1, -0.05) is 18.2 Å². The molecule has 0 saturated carbocycles. The van der Waals surface area contributed by atoms with Crippen molar-refractivity contribution in [2.24, 2.45) is 4.99 Å². The first kappa shape index (κ1) is 21.8. The van der Waals surface area contributed by atoms with Crippen LogP contribution in [0.15, 0.2) is 82.3 Å². The standard InChI is InChI=1S/C25H21N3O5/c1-3-32-25(30)16-10-12-18(13-11-16)27-24-19(23(29)28-21-9-4-5-14-26-21)15-17-7-6-8-20(31-2)22(17)33-24/h4-15H,3H2,1-2H3,(H,26,28,29). The molecule has 0 aliphatic heterocycles. The van der Waals surface area contributed by atoms with E-state index in [1.54, 1.807) is 67.7 Å². The number of carbonyl (C=O) groups excluding carboxylic acids is 2. The summed E-state index contributed by atoms with van der Waals surface area (Å²) in [4.78, 5) is 33.6. The summed E-state index contributed by atoms with van der Waals surface area (Å²) in [5.74, 6) is 0.0694. The van der Waals surface area contributed by atoms with Crippen LogP contribution >= 0.6 is 0 Å². The van der Waals surface area contributed by atoms with Crippen molar-refractivity contribution >= 4 is 34.4 Å². The van der Waals surface area contributed by atoms with Gasteiger partial charge in [0.15, 0.2) is 11.3 Å². The molecule has 4 aromatic rings. The van der Waals surface area contributed by atoms with Crippen LogP contribution in [0.1, 0.15) is 27.6 Å². The average molecular weight is 443 g/mol. The van der Waals surface area contributed by atoms with Gasteiger partial charge in [0.2, 0.25) is 5.55 Å². The van der Waals surface area contributed by atoms with Crippen LogP contribution in [0.2, 0.25) is 0 Å². The van der Waals surface area contributed by atoms with Crippen LogP contribution in [-0.2, 0) is 4.74 Å². The van der Waals surface area contributed by atoms with Crippen LogP contribution in [0.3, 0.4) is 0 Å². The van der Waals surface area contributed by atoms with E-state index in [4.69, 9.17) is 13.9 Å². The summed E-state index contributed by atoms with van der Waals surface area (Å²) in [5.41, 5.74) is 1.66. The highest BCUT2D eigenvalue weighted by atomic mass is 16.5. The third-order valence-corrected chi connectivity index (χ3v) is 4.72. The Labute approximate surface area is 189 Å². The molecule has 0 radical (unpaired) electrons. The van der Waals surface area contributed by atoms with E-state index in [-0.39, 0.29) is 17.7 Å². The summed E-state index contributed by atoms with van der Waals surface area (Å²) in [6.45, 7) is 2.03. The first-order chi connectivity index (χ1) is 16.1. The summed E-state index contributed by atoms with van der Waals surface area (Å²) < 4.78 is 16.4. The van der Waals surface area contributed by atoms with Crippen molar-refractivity contribution < 1.29 is 23.5 Å². The Balaban J connectivity index is 1.81. The highest BCUT2D eigenvalue weighted by Crippen LogP contribution is 2.25. The van der Waals surface area contributed by atoms with Crippen molar-refractivity contribution in [1.82, 2.24) is 4.98 Å². The van der Waals surface area contributed by atoms with Crippen molar-refractivity contribution in [2.75, 3.05) is 19.0 Å². The molecule has 0 fully saturated rings. The third kappa shape index (κ3) is 4.90. The lowest BCUT2D eigenvalue weighted by atomic mass is 10.1. The highest BCUT2D eigenvalue weighted by Gasteiger charge is 2.15. The molecule has 8 nitrogen and oxygen atoms in total. The Hall–Kier alpha value is -4.46. The van der Waals surface area contributed by atoms with E-state index in [1.165, 1.54) is 7.11 Å². The lowest BCUT2D eigenvalue weighted by Crippen LogP contribution is -2.22. The van der Waals surface area contributed by atoms with Gasteiger partial charge in [-0.25, -0.2) is 14.8 Å². The number of esters is 1. The Kier molecular flexibility index (Phi) is 6.45. The van der Waals surface area contributed by atoms with E-state index < -0.39 is 11.9 Å². The van der Waals surface area contributed by atoms with Crippen LogP contribution in [-0.4, -0.2) is 30.6 Å². The fourth-order valence-electron chi connectivity index (χ4n) is 3.16. The topological polar surface area (TPSA) is 103 Å². The molecule has 0 saturated heterocycles. The fraction of sp³-hybridized carbons (Fsp3) is 0.120. The van der Waals surface area contributed by atoms with Gasteiger partial charge in [0.1, 0.15) is 11.4 Å². The fourth-order valence-corrected chi connectivity index (χ4v) is 3.16. The Morgan fingerprint density at radius 1 is 1.06 bits per heavy atom. The molecule has 0 aliphatic carbocycles. The van der Waals surface area contributed by atoms with Crippen LogP contribution in [0.25, 0.3) is 11.0 Å². The number of hydrogen-bond acceptors (Lipinski definition) is 7. The number of aromatic nitrogens is 1.